The van der Waals surface area contributed by atoms with E-state index in [4.69, 9.17) is 23.8 Å². The second-order valence-electron chi connectivity index (χ2n) is 12.4. The lowest BCUT2D eigenvalue weighted by molar-refractivity contribution is 0.669. The van der Waals surface area contributed by atoms with Crippen molar-refractivity contribution < 1.29 is 8.83 Å². The molecule has 7 aromatic carbocycles. The van der Waals surface area contributed by atoms with Crippen molar-refractivity contribution in [2.45, 2.75) is 0 Å². The van der Waals surface area contributed by atoms with Crippen molar-refractivity contribution >= 4 is 43.9 Å². The van der Waals surface area contributed by atoms with Crippen LogP contribution in [0.25, 0.3) is 100 Å². The topological polar surface area (TPSA) is 65.0 Å². The van der Waals surface area contributed by atoms with Crippen LogP contribution >= 0.6 is 0 Å². The third-order valence-corrected chi connectivity index (χ3v) is 9.36. The molecule has 0 aliphatic heterocycles. The average molecular weight is 642 g/mol. The summed E-state index contributed by atoms with van der Waals surface area (Å²) < 4.78 is 12.9. The predicted molar refractivity (Wildman–Crippen MR) is 202 cm³/mol. The van der Waals surface area contributed by atoms with Crippen molar-refractivity contribution in [1.29, 1.82) is 0 Å². The molecule has 10 rings (SSSR count). The van der Waals surface area contributed by atoms with Crippen molar-refractivity contribution in [2.24, 2.45) is 0 Å². The van der Waals surface area contributed by atoms with E-state index < -0.39 is 0 Å². The maximum atomic E-state index is 6.56. The van der Waals surface area contributed by atoms with E-state index in [0.29, 0.717) is 17.5 Å². The van der Waals surface area contributed by atoms with Gasteiger partial charge in [-0.25, -0.2) is 15.0 Å². The molecule has 10 aromatic rings. The number of benzene rings is 7. The number of hydrogen-bond acceptors (Lipinski definition) is 5. The fraction of sp³-hybridized carbons (Fsp3) is 0. The molecular weight excluding hydrogens is 615 g/mol. The molecular formula is C45H27N3O2. The van der Waals surface area contributed by atoms with Crippen molar-refractivity contribution in [3.8, 4) is 56.4 Å². The summed E-state index contributed by atoms with van der Waals surface area (Å²) in [6.45, 7) is 0. The Morgan fingerprint density at radius 2 is 0.860 bits per heavy atom. The van der Waals surface area contributed by atoms with Gasteiger partial charge in [-0.2, -0.15) is 0 Å². The van der Waals surface area contributed by atoms with Crippen LogP contribution in [0.3, 0.4) is 0 Å². The Morgan fingerprint density at radius 3 is 1.58 bits per heavy atom. The number of fused-ring (bicyclic) bond motifs is 6. The van der Waals surface area contributed by atoms with Gasteiger partial charge in [-0.05, 0) is 41.0 Å². The molecule has 0 radical (unpaired) electrons. The highest BCUT2D eigenvalue weighted by atomic mass is 16.3. The largest absolute Gasteiger partial charge is 0.456 e. The molecule has 0 aliphatic carbocycles. The van der Waals surface area contributed by atoms with Crippen LogP contribution in [-0.2, 0) is 0 Å². The molecule has 0 aliphatic rings. The molecule has 0 spiro atoms. The van der Waals surface area contributed by atoms with Gasteiger partial charge in [0.25, 0.3) is 0 Å². The minimum atomic E-state index is 0.594. The standard InChI is InChI=1S/C45H27N3O2/c1-3-13-28(14-4-1)43-46-44(29-15-5-2-6-16-29)48-45(47-43)30-25-26-31(34-20-11-21-35-32-17-7-9-22-38(32)50-42(34)35)37(27-30)33-19-12-24-40-41(33)36-18-8-10-23-39(36)49-40/h1-27H. The monoisotopic (exact) mass is 641 g/mol. The molecule has 0 fully saturated rings. The normalized spacial score (nSPS) is 11.6. The smallest absolute Gasteiger partial charge is 0.164 e. The maximum absolute atomic E-state index is 6.56. The second kappa shape index (κ2) is 11.4. The third kappa shape index (κ3) is 4.60. The number of hydrogen-bond donors (Lipinski definition) is 0. The molecule has 3 heterocycles. The summed E-state index contributed by atoms with van der Waals surface area (Å²) in [6, 6.07) is 55.6. The number of rotatable bonds is 5. The lowest BCUT2D eigenvalue weighted by Gasteiger charge is -2.15. The van der Waals surface area contributed by atoms with Gasteiger partial charge in [0, 0.05) is 43.8 Å². The molecule has 3 aromatic heterocycles. The Hall–Kier alpha value is -6.85. The first-order chi connectivity index (χ1) is 24.8. The molecule has 0 unspecified atom stereocenters. The van der Waals surface area contributed by atoms with Crippen molar-refractivity contribution in [1.82, 2.24) is 15.0 Å². The number of nitrogens with zero attached hydrogens (tertiary/aromatic N) is 3. The van der Waals surface area contributed by atoms with Crippen LogP contribution in [0.5, 0.6) is 0 Å². The van der Waals surface area contributed by atoms with Crippen LogP contribution < -0.4 is 0 Å². The first-order valence-electron chi connectivity index (χ1n) is 16.6. The van der Waals surface area contributed by atoms with Gasteiger partial charge < -0.3 is 8.83 Å². The zero-order chi connectivity index (χ0) is 33.0. The Balaban J connectivity index is 1.26. The third-order valence-electron chi connectivity index (χ3n) is 9.36. The Bertz CT molecular complexity index is 2810. The molecule has 0 bridgehead atoms. The number of aromatic nitrogens is 3. The van der Waals surface area contributed by atoms with Crippen LogP contribution in [0, 0.1) is 0 Å². The Kier molecular flexibility index (Phi) is 6.42. The van der Waals surface area contributed by atoms with Crippen LogP contribution in [0.15, 0.2) is 173 Å². The summed E-state index contributed by atoms with van der Waals surface area (Å²) in [4.78, 5) is 15.0. The zero-order valence-electron chi connectivity index (χ0n) is 26.7. The lowest BCUT2D eigenvalue weighted by Crippen LogP contribution is -2.00. The summed E-state index contributed by atoms with van der Waals surface area (Å²) >= 11 is 0. The summed E-state index contributed by atoms with van der Waals surface area (Å²) in [5, 5.41) is 4.30. The molecule has 5 nitrogen and oxygen atoms in total. The quantitative estimate of drug-likeness (QED) is 0.187. The molecule has 0 amide bonds. The van der Waals surface area contributed by atoms with Crippen LogP contribution in [-0.4, -0.2) is 15.0 Å². The molecule has 0 saturated carbocycles. The minimum absolute atomic E-state index is 0.594. The van der Waals surface area contributed by atoms with E-state index in [1.54, 1.807) is 0 Å². The highest BCUT2D eigenvalue weighted by molar-refractivity contribution is 6.15. The fourth-order valence-electron chi connectivity index (χ4n) is 7.04. The molecule has 0 saturated heterocycles. The van der Waals surface area contributed by atoms with Gasteiger partial charge in [0.05, 0.1) is 0 Å². The summed E-state index contributed by atoms with van der Waals surface area (Å²) in [7, 11) is 0. The van der Waals surface area contributed by atoms with E-state index in [2.05, 4.69) is 72.8 Å². The van der Waals surface area contributed by atoms with Gasteiger partial charge in [-0.3, -0.25) is 0 Å². The summed E-state index contributed by atoms with van der Waals surface area (Å²) in [5.74, 6) is 1.83. The first kappa shape index (κ1) is 28.2. The van der Waals surface area contributed by atoms with Gasteiger partial charge in [0.1, 0.15) is 22.3 Å². The highest BCUT2D eigenvalue weighted by Crippen LogP contribution is 2.44. The van der Waals surface area contributed by atoms with Crippen molar-refractivity contribution in [2.75, 3.05) is 0 Å². The van der Waals surface area contributed by atoms with Gasteiger partial charge >= 0.3 is 0 Å². The SMILES string of the molecule is c1ccc(-c2nc(-c3ccccc3)nc(-c3ccc(-c4cccc5c4oc4ccccc45)c(-c4cccc5oc6ccccc6c45)c3)n2)cc1. The highest BCUT2D eigenvalue weighted by Gasteiger charge is 2.21. The molecule has 0 atom stereocenters. The van der Waals surface area contributed by atoms with Crippen LogP contribution in [0.4, 0.5) is 0 Å². The molecule has 5 heteroatoms. The molecule has 0 N–H and O–H groups in total. The summed E-state index contributed by atoms with van der Waals surface area (Å²) in [5.41, 5.74) is 10.3. The summed E-state index contributed by atoms with van der Waals surface area (Å²) in [6.07, 6.45) is 0. The van der Waals surface area contributed by atoms with E-state index in [1.807, 2.05) is 91.0 Å². The van der Waals surface area contributed by atoms with Crippen LogP contribution in [0.1, 0.15) is 0 Å². The lowest BCUT2D eigenvalue weighted by atomic mass is 9.89. The van der Waals surface area contributed by atoms with E-state index in [0.717, 1.165) is 82.8 Å². The van der Waals surface area contributed by atoms with Gasteiger partial charge in [0.15, 0.2) is 17.5 Å². The first-order valence-corrected chi connectivity index (χ1v) is 16.6. The Morgan fingerprint density at radius 1 is 0.320 bits per heavy atom. The second-order valence-corrected chi connectivity index (χ2v) is 12.4. The molecule has 234 valence electrons. The van der Waals surface area contributed by atoms with Crippen LogP contribution in [0.2, 0.25) is 0 Å². The number of furan rings is 2. The van der Waals surface area contributed by atoms with Gasteiger partial charge in [0.2, 0.25) is 0 Å². The Labute approximate surface area is 287 Å². The number of para-hydroxylation sites is 3. The zero-order valence-corrected chi connectivity index (χ0v) is 26.7. The fourth-order valence-corrected chi connectivity index (χ4v) is 7.04. The average Bonchev–Trinajstić information content (AvgIpc) is 3.77. The van der Waals surface area contributed by atoms with Gasteiger partial charge in [-0.15, -0.1) is 0 Å². The van der Waals surface area contributed by atoms with Gasteiger partial charge in [-0.1, -0.05) is 140 Å². The minimum Gasteiger partial charge on any atom is -0.456 e. The van der Waals surface area contributed by atoms with E-state index in [9.17, 15) is 0 Å². The van der Waals surface area contributed by atoms with Crippen molar-refractivity contribution in [3.63, 3.8) is 0 Å². The van der Waals surface area contributed by atoms with E-state index in [1.165, 1.54) is 0 Å². The molecule has 50 heavy (non-hydrogen) atoms. The van der Waals surface area contributed by atoms with E-state index >= 15 is 0 Å². The van der Waals surface area contributed by atoms with E-state index in [-0.39, 0.29) is 0 Å². The van der Waals surface area contributed by atoms with Crippen molar-refractivity contribution in [3.05, 3.63) is 164 Å². The maximum Gasteiger partial charge on any atom is 0.164 e. The predicted octanol–water partition coefficient (Wildman–Crippen LogP) is 12.0.